The second kappa shape index (κ2) is 6.60. The monoisotopic (exact) mass is 332 g/mol. The normalized spacial score (nSPS) is 12.3. The highest BCUT2D eigenvalue weighted by atomic mass is 35.5. The molecular weight excluding hydrogens is 321 g/mol. The molecule has 0 heterocycles. The number of halogens is 4. The summed E-state index contributed by atoms with van der Waals surface area (Å²) >= 11 is 11.4. The van der Waals surface area contributed by atoms with Crippen LogP contribution in [0.3, 0.4) is 0 Å². The predicted octanol–water partition coefficient (Wildman–Crippen LogP) is 4.56. The number of aliphatic hydroxyl groups is 1. The maximum atomic E-state index is 13.8. The van der Waals surface area contributed by atoms with Crippen LogP contribution in [0.25, 0.3) is 0 Å². The van der Waals surface area contributed by atoms with Crippen LogP contribution in [-0.4, -0.2) is 12.2 Å². The predicted molar refractivity (Wildman–Crippen MR) is 78.0 cm³/mol. The largest absolute Gasteiger partial charge is 0.496 e. The Morgan fingerprint density at radius 3 is 2.52 bits per heavy atom. The Balaban J connectivity index is 2.32. The van der Waals surface area contributed by atoms with Crippen molar-refractivity contribution < 1.29 is 18.6 Å². The molecule has 1 N–H and O–H groups in total. The van der Waals surface area contributed by atoms with Gasteiger partial charge in [0.2, 0.25) is 0 Å². The average Bonchev–Trinajstić information content (AvgIpc) is 2.43. The molecule has 0 fully saturated rings. The van der Waals surface area contributed by atoms with Crippen LogP contribution >= 0.6 is 23.2 Å². The van der Waals surface area contributed by atoms with Crippen LogP contribution < -0.4 is 4.74 Å². The first-order valence-electron chi connectivity index (χ1n) is 6.07. The summed E-state index contributed by atoms with van der Waals surface area (Å²) in [7, 11) is 1.47. The van der Waals surface area contributed by atoms with Gasteiger partial charge in [0.25, 0.3) is 0 Å². The Morgan fingerprint density at radius 1 is 1.14 bits per heavy atom. The van der Waals surface area contributed by atoms with Gasteiger partial charge in [-0.2, -0.15) is 0 Å². The molecule has 2 nitrogen and oxygen atoms in total. The lowest BCUT2D eigenvalue weighted by atomic mass is 10.00. The van der Waals surface area contributed by atoms with Crippen molar-refractivity contribution in [2.45, 2.75) is 12.5 Å². The Morgan fingerprint density at radius 2 is 1.86 bits per heavy atom. The lowest BCUT2D eigenvalue weighted by Gasteiger charge is -2.15. The van der Waals surface area contributed by atoms with Gasteiger partial charge in [-0.05, 0) is 35.9 Å². The highest BCUT2D eigenvalue weighted by Crippen LogP contribution is 2.30. The second-order valence-corrected chi connectivity index (χ2v) is 5.31. The second-order valence-electron chi connectivity index (χ2n) is 4.46. The topological polar surface area (TPSA) is 29.5 Å². The van der Waals surface area contributed by atoms with E-state index in [9.17, 15) is 13.9 Å². The zero-order chi connectivity index (χ0) is 15.6. The molecule has 6 heteroatoms. The number of rotatable bonds is 4. The van der Waals surface area contributed by atoms with E-state index >= 15 is 0 Å². The Hall–Kier alpha value is -1.36. The zero-order valence-corrected chi connectivity index (χ0v) is 12.6. The van der Waals surface area contributed by atoms with E-state index in [0.29, 0.717) is 16.3 Å². The first kappa shape index (κ1) is 16.0. The van der Waals surface area contributed by atoms with Gasteiger partial charge in [0, 0.05) is 17.0 Å². The van der Waals surface area contributed by atoms with Gasteiger partial charge in [-0.25, -0.2) is 8.78 Å². The quantitative estimate of drug-likeness (QED) is 0.832. The molecule has 112 valence electrons. The van der Waals surface area contributed by atoms with Crippen molar-refractivity contribution in [3.63, 3.8) is 0 Å². The lowest BCUT2D eigenvalue weighted by Crippen LogP contribution is -2.06. The Bertz CT molecular complexity index is 662. The van der Waals surface area contributed by atoms with E-state index in [1.807, 2.05) is 0 Å². The molecule has 0 amide bonds. The summed E-state index contributed by atoms with van der Waals surface area (Å²) in [6, 6.07) is 6.61. The molecule has 2 rings (SSSR count). The Labute approximate surface area is 130 Å². The molecule has 0 saturated carbocycles. The van der Waals surface area contributed by atoms with Gasteiger partial charge in [0.1, 0.15) is 17.4 Å². The minimum absolute atomic E-state index is 0.0295. The molecule has 0 aromatic heterocycles. The molecule has 1 unspecified atom stereocenters. The van der Waals surface area contributed by atoms with Crippen molar-refractivity contribution in [1.29, 1.82) is 0 Å². The molecule has 2 aromatic carbocycles. The van der Waals surface area contributed by atoms with Crippen LogP contribution in [0.1, 0.15) is 17.2 Å². The van der Waals surface area contributed by atoms with Gasteiger partial charge in [-0.15, -0.1) is 0 Å². The minimum Gasteiger partial charge on any atom is -0.496 e. The highest BCUT2D eigenvalue weighted by Gasteiger charge is 2.18. The highest BCUT2D eigenvalue weighted by molar-refractivity contribution is 6.31. The third-order valence-electron chi connectivity index (χ3n) is 3.05. The number of aliphatic hydroxyl groups excluding tert-OH is 1. The van der Waals surface area contributed by atoms with Crippen LogP contribution in [0.2, 0.25) is 10.0 Å². The number of hydrogen-bond acceptors (Lipinski definition) is 2. The van der Waals surface area contributed by atoms with Crippen LogP contribution in [0.15, 0.2) is 30.3 Å². The standard InChI is InChI=1S/C15H12Cl2F2O2/c1-21-15-3-2-9(16)4-8(15)5-14(20)10-6-13(19)11(17)7-12(10)18/h2-4,6-7,14,20H,5H2,1H3. The number of hydrogen-bond donors (Lipinski definition) is 1. The lowest BCUT2D eigenvalue weighted by molar-refractivity contribution is 0.172. The summed E-state index contributed by atoms with van der Waals surface area (Å²) in [5, 5.41) is 10.3. The molecular formula is C15H12Cl2F2O2. The van der Waals surface area contributed by atoms with E-state index in [1.54, 1.807) is 18.2 Å². The molecule has 0 aliphatic heterocycles. The maximum Gasteiger partial charge on any atom is 0.142 e. The van der Waals surface area contributed by atoms with Gasteiger partial charge < -0.3 is 9.84 Å². The molecule has 0 aliphatic rings. The molecule has 0 bridgehead atoms. The van der Waals surface area contributed by atoms with Crippen molar-refractivity contribution in [3.8, 4) is 5.75 Å². The third-order valence-corrected chi connectivity index (χ3v) is 3.58. The first-order chi connectivity index (χ1) is 9.92. The SMILES string of the molecule is COc1ccc(Cl)cc1CC(O)c1cc(F)c(Cl)cc1F. The van der Waals surface area contributed by atoms with Crippen molar-refractivity contribution in [2.75, 3.05) is 7.11 Å². The number of ether oxygens (including phenoxy) is 1. The summed E-state index contributed by atoms with van der Waals surface area (Å²) in [5.41, 5.74) is 0.422. The van der Waals surface area contributed by atoms with Crippen LogP contribution in [0.5, 0.6) is 5.75 Å². The van der Waals surface area contributed by atoms with E-state index in [2.05, 4.69) is 0 Å². The molecule has 0 aliphatic carbocycles. The number of methoxy groups -OCH3 is 1. The molecule has 0 spiro atoms. The van der Waals surface area contributed by atoms with Crippen LogP contribution in [0.4, 0.5) is 8.78 Å². The average molecular weight is 333 g/mol. The van der Waals surface area contributed by atoms with Crippen molar-refractivity contribution >= 4 is 23.2 Å². The van der Waals surface area contributed by atoms with Crippen molar-refractivity contribution in [2.24, 2.45) is 0 Å². The maximum absolute atomic E-state index is 13.8. The summed E-state index contributed by atoms with van der Waals surface area (Å²) in [5.74, 6) is -1.05. The summed E-state index contributed by atoms with van der Waals surface area (Å²) in [6.45, 7) is 0. The number of benzene rings is 2. The summed E-state index contributed by atoms with van der Waals surface area (Å²) in [6.07, 6.45) is -1.22. The molecule has 1 atom stereocenters. The van der Waals surface area contributed by atoms with Gasteiger partial charge >= 0.3 is 0 Å². The fourth-order valence-corrected chi connectivity index (χ4v) is 2.36. The van der Waals surface area contributed by atoms with Gasteiger partial charge in [0.05, 0.1) is 18.2 Å². The van der Waals surface area contributed by atoms with E-state index in [-0.39, 0.29) is 17.0 Å². The van der Waals surface area contributed by atoms with E-state index < -0.39 is 17.7 Å². The molecule has 0 radical (unpaired) electrons. The minimum atomic E-state index is -1.25. The van der Waals surface area contributed by atoms with E-state index in [4.69, 9.17) is 27.9 Å². The molecule has 21 heavy (non-hydrogen) atoms. The van der Waals surface area contributed by atoms with Crippen LogP contribution in [0, 0.1) is 11.6 Å². The van der Waals surface area contributed by atoms with Gasteiger partial charge in [-0.3, -0.25) is 0 Å². The van der Waals surface area contributed by atoms with Crippen molar-refractivity contribution in [3.05, 3.63) is 63.1 Å². The molecule has 2 aromatic rings. The van der Waals surface area contributed by atoms with E-state index in [0.717, 1.165) is 12.1 Å². The smallest absolute Gasteiger partial charge is 0.142 e. The third kappa shape index (κ3) is 3.64. The van der Waals surface area contributed by atoms with Gasteiger partial charge in [-0.1, -0.05) is 23.2 Å². The summed E-state index contributed by atoms with van der Waals surface area (Å²) < 4.78 is 32.3. The van der Waals surface area contributed by atoms with E-state index in [1.165, 1.54) is 7.11 Å². The fourth-order valence-electron chi connectivity index (χ4n) is 2.02. The van der Waals surface area contributed by atoms with Gasteiger partial charge in [0.15, 0.2) is 0 Å². The van der Waals surface area contributed by atoms with Crippen LogP contribution in [-0.2, 0) is 6.42 Å². The zero-order valence-electron chi connectivity index (χ0n) is 11.0. The Kier molecular flexibility index (Phi) is 5.04. The summed E-state index contributed by atoms with van der Waals surface area (Å²) in [4.78, 5) is 0. The fraction of sp³-hybridized carbons (Fsp3) is 0.200. The van der Waals surface area contributed by atoms with Crippen molar-refractivity contribution in [1.82, 2.24) is 0 Å². The molecule has 0 saturated heterocycles. The first-order valence-corrected chi connectivity index (χ1v) is 6.83.